The van der Waals surface area contributed by atoms with Gasteiger partial charge in [0.2, 0.25) is 0 Å². The molecule has 2 rings (SSSR count). The van der Waals surface area contributed by atoms with Crippen molar-refractivity contribution in [1.29, 1.82) is 0 Å². The Hall–Kier alpha value is -1.78. The van der Waals surface area contributed by atoms with Gasteiger partial charge in [-0.3, -0.25) is 0 Å². The number of benzene rings is 1. The molecule has 1 heterocycles. The van der Waals surface area contributed by atoms with Crippen LogP contribution in [0.25, 0.3) is 6.08 Å². The third-order valence-electron chi connectivity index (χ3n) is 3.56. The van der Waals surface area contributed by atoms with Crippen LogP contribution in [-0.2, 0) is 4.79 Å². The first-order valence-corrected chi connectivity index (χ1v) is 8.14. The van der Waals surface area contributed by atoms with Crippen molar-refractivity contribution < 1.29 is 15.0 Å². The summed E-state index contributed by atoms with van der Waals surface area (Å²) in [5.74, 6) is -0.144. The first-order valence-electron chi connectivity index (χ1n) is 7.28. The van der Waals surface area contributed by atoms with E-state index < -0.39 is 0 Å². The van der Waals surface area contributed by atoms with Crippen molar-refractivity contribution in [2.45, 2.75) is 26.2 Å². The van der Waals surface area contributed by atoms with Gasteiger partial charge in [0.1, 0.15) is 0 Å². The van der Waals surface area contributed by atoms with E-state index >= 15 is 0 Å². The molecule has 1 saturated heterocycles. The molecule has 22 heavy (non-hydrogen) atoms. The maximum atomic E-state index is 12.5. The number of phenols is 2. The van der Waals surface area contributed by atoms with Crippen molar-refractivity contribution in [3.8, 4) is 11.5 Å². The van der Waals surface area contributed by atoms with E-state index in [0.717, 1.165) is 23.9 Å². The summed E-state index contributed by atoms with van der Waals surface area (Å²) in [5, 5.41) is 19.1. The van der Waals surface area contributed by atoms with Crippen molar-refractivity contribution in [3.05, 3.63) is 29.5 Å². The molecule has 1 aliphatic rings. The minimum absolute atomic E-state index is 0.0352. The van der Waals surface area contributed by atoms with E-state index in [9.17, 15) is 15.0 Å². The number of carbonyl (C=O) groups excluding carboxylic acids is 1. The number of phenolic OH excluding ortho intramolecular Hbond substituents is 2. The second-order valence-corrected chi connectivity index (χ2v) is 6.08. The van der Waals surface area contributed by atoms with Gasteiger partial charge in [0.05, 0.1) is 0 Å². The Morgan fingerprint density at radius 1 is 1.18 bits per heavy atom. The molecule has 0 radical (unpaired) electrons. The topological polar surface area (TPSA) is 64.0 Å². The molecule has 2 N–H and O–H groups in total. The zero-order valence-corrected chi connectivity index (χ0v) is 14.5. The quantitative estimate of drug-likeness (QED) is 0.472. The Morgan fingerprint density at radius 2 is 1.82 bits per heavy atom. The fourth-order valence-corrected chi connectivity index (χ4v) is 2.96. The minimum atomic E-state index is -0.0739. The monoisotopic (exact) mass is 368 g/mol. The van der Waals surface area contributed by atoms with E-state index in [1.54, 1.807) is 15.9 Å². The predicted octanol–water partition coefficient (Wildman–Crippen LogP) is 1.66. The van der Waals surface area contributed by atoms with Gasteiger partial charge in [-0.05, 0) is 0 Å². The van der Waals surface area contributed by atoms with Crippen molar-refractivity contribution in [2.24, 2.45) is 0 Å². The Balaban J connectivity index is 2.25. The first kappa shape index (κ1) is 16.6. The van der Waals surface area contributed by atoms with Gasteiger partial charge >= 0.3 is 138 Å². The molecule has 6 heteroatoms. The summed E-state index contributed by atoms with van der Waals surface area (Å²) in [7, 11) is 1.82. The van der Waals surface area contributed by atoms with Crippen LogP contribution in [0.5, 0.6) is 11.5 Å². The van der Waals surface area contributed by atoms with Crippen molar-refractivity contribution in [1.82, 2.24) is 9.80 Å². The van der Waals surface area contributed by atoms with Crippen LogP contribution in [-0.4, -0.2) is 59.8 Å². The van der Waals surface area contributed by atoms with E-state index in [1.807, 2.05) is 7.05 Å². The fourth-order valence-electron chi connectivity index (χ4n) is 2.39. The molecule has 1 fully saturated rings. The third-order valence-corrected chi connectivity index (χ3v) is 4.59. The molecule has 1 aromatic rings. The first-order chi connectivity index (χ1) is 10.4. The van der Waals surface area contributed by atoms with E-state index in [0.29, 0.717) is 17.8 Å². The van der Waals surface area contributed by atoms with Gasteiger partial charge in [-0.15, -0.1) is 0 Å². The number of aromatic hydroxyl groups is 2. The maximum absolute atomic E-state index is 12.5. The molecule has 0 spiro atoms. The Morgan fingerprint density at radius 3 is 2.41 bits per heavy atom. The van der Waals surface area contributed by atoms with Crippen LogP contribution in [0.15, 0.2) is 23.9 Å². The number of amides is 1. The van der Waals surface area contributed by atoms with Gasteiger partial charge in [0.15, 0.2) is 0 Å². The van der Waals surface area contributed by atoms with Gasteiger partial charge < -0.3 is 0 Å². The summed E-state index contributed by atoms with van der Waals surface area (Å²) in [5.41, 5.74) is 1.09. The summed E-state index contributed by atoms with van der Waals surface area (Å²) in [4.78, 5) is 16.1. The molecule has 0 aliphatic carbocycles. The molecule has 1 aromatic carbocycles. The van der Waals surface area contributed by atoms with Crippen molar-refractivity contribution >= 4 is 32.2 Å². The normalized spacial score (nSPS) is 16.9. The zero-order valence-electron chi connectivity index (χ0n) is 12.7. The van der Waals surface area contributed by atoms with Crippen molar-refractivity contribution in [3.63, 3.8) is 0 Å². The number of hydrogen-bond acceptors (Lipinski definition) is 4. The molecule has 0 bridgehead atoms. The van der Waals surface area contributed by atoms with Gasteiger partial charge in [0.25, 0.3) is 0 Å². The van der Waals surface area contributed by atoms with Crippen molar-refractivity contribution in [2.75, 3.05) is 13.6 Å². The molecule has 0 aromatic heterocycles. The Labute approximate surface area is 138 Å². The second kappa shape index (κ2) is 6.99. The molecule has 118 valence electrons. The van der Waals surface area contributed by atoms with Crippen LogP contribution in [0.3, 0.4) is 0 Å². The summed E-state index contributed by atoms with van der Waals surface area (Å²) >= 11 is 2.94. The number of hydrogen-bond donors (Lipinski definition) is 2. The summed E-state index contributed by atoms with van der Waals surface area (Å²) in [6.45, 7) is 2.81. The van der Waals surface area contributed by atoms with Crippen LogP contribution in [0, 0.1) is 0 Å². The Kier molecular flexibility index (Phi) is 5.27. The van der Waals surface area contributed by atoms with Gasteiger partial charge in [-0.25, -0.2) is 0 Å². The molecule has 5 nitrogen and oxygen atoms in total. The number of likely N-dealkylation sites (N-methyl/N-ethyl adjacent to an activating group) is 1. The van der Waals surface area contributed by atoms with E-state index in [-0.39, 0.29) is 17.4 Å². The van der Waals surface area contributed by atoms with Crippen LogP contribution in [0.1, 0.15) is 31.7 Å². The van der Waals surface area contributed by atoms with E-state index in [2.05, 4.69) is 22.5 Å². The average Bonchev–Trinajstić information content (AvgIpc) is 2.64. The SMILES string of the molecule is CCCCCN1C(=O)C(=Cc2cc(O)cc(O)c2)N(C)C1=[Se]. The molecule has 0 saturated carbocycles. The van der Waals surface area contributed by atoms with Gasteiger partial charge in [-0.1, -0.05) is 0 Å². The third kappa shape index (κ3) is 3.51. The molecule has 0 atom stereocenters. The summed E-state index contributed by atoms with van der Waals surface area (Å²) in [6, 6.07) is 4.27. The van der Waals surface area contributed by atoms with Gasteiger partial charge in [-0.2, -0.15) is 0 Å². The number of carbonyl (C=O) groups is 1. The van der Waals surface area contributed by atoms with Crippen LogP contribution >= 0.6 is 0 Å². The second-order valence-electron chi connectivity index (χ2n) is 5.32. The Bertz CT molecular complexity index is 608. The molecule has 1 aliphatic heterocycles. The number of rotatable bonds is 5. The predicted molar refractivity (Wildman–Crippen MR) is 87.5 cm³/mol. The number of unbranched alkanes of at least 4 members (excludes halogenated alkanes) is 2. The standard InChI is InChI=1S/C16H20N2O3Se/c1-3-4-5-6-18-15(21)14(17(2)16(18)22)9-11-7-12(19)10-13(20)8-11/h7-10,19-20H,3-6H2,1-2H3. The summed E-state index contributed by atoms with van der Waals surface area (Å²) in [6.07, 6.45) is 4.81. The fraction of sp³-hybridized carbons (Fsp3) is 0.375. The number of nitrogens with zero attached hydrogens (tertiary/aromatic N) is 2. The molecular formula is C16H20N2O3Se. The molecule has 1 amide bonds. The molecule has 0 unspecified atom stereocenters. The van der Waals surface area contributed by atoms with Crippen LogP contribution in [0.2, 0.25) is 0 Å². The van der Waals surface area contributed by atoms with Gasteiger partial charge in [0, 0.05) is 0 Å². The van der Waals surface area contributed by atoms with Crippen LogP contribution < -0.4 is 0 Å². The van der Waals surface area contributed by atoms with Crippen LogP contribution in [0.4, 0.5) is 0 Å². The summed E-state index contributed by atoms with van der Waals surface area (Å²) < 4.78 is 0.775. The van der Waals surface area contributed by atoms with E-state index in [4.69, 9.17) is 0 Å². The zero-order chi connectivity index (χ0) is 16.3. The van der Waals surface area contributed by atoms with E-state index in [1.165, 1.54) is 18.2 Å². The molecular weight excluding hydrogens is 347 g/mol. The average molecular weight is 367 g/mol.